The molecule has 0 amide bonds. The fourth-order valence-electron chi connectivity index (χ4n) is 6.67. The third-order valence-corrected chi connectivity index (χ3v) is 7.62. The normalized spacial score (nSPS) is 22.7. The third kappa shape index (κ3) is 1.80. The van der Waals surface area contributed by atoms with Crippen LogP contribution in [0.5, 0.6) is 0 Å². The summed E-state index contributed by atoms with van der Waals surface area (Å²) in [5.74, 6) is 0.615. The van der Waals surface area contributed by atoms with Gasteiger partial charge < -0.3 is 0 Å². The van der Waals surface area contributed by atoms with Crippen molar-refractivity contribution in [3.05, 3.63) is 98.6 Å². The van der Waals surface area contributed by atoms with Gasteiger partial charge in [-0.25, -0.2) is 0 Å². The summed E-state index contributed by atoms with van der Waals surface area (Å²) in [5.41, 5.74) is 15.9. The van der Waals surface area contributed by atoms with Gasteiger partial charge in [0.25, 0.3) is 0 Å². The molecule has 0 spiro atoms. The summed E-state index contributed by atoms with van der Waals surface area (Å²) in [7, 11) is 0. The first kappa shape index (κ1) is 15.9. The first-order valence-corrected chi connectivity index (χ1v) is 10.8. The first-order valence-electron chi connectivity index (χ1n) is 10.8. The maximum Gasteiger partial charge on any atom is 0.0671 e. The van der Waals surface area contributed by atoms with Gasteiger partial charge in [0.2, 0.25) is 0 Å². The number of aryl methyl sites for hydroxylation is 3. The van der Waals surface area contributed by atoms with E-state index in [0.717, 1.165) is 12.8 Å². The van der Waals surface area contributed by atoms with E-state index in [0.29, 0.717) is 11.8 Å². The number of benzene rings is 3. The number of nitrogens with zero attached hydrogens (tertiary/aromatic N) is 1. The second kappa shape index (κ2) is 5.16. The average Bonchev–Trinajstić information content (AvgIpc) is 3.31. The number of hydrogen-bond donors (Lipinski definition) is 0. The van der Waals surface area contributed by atoms with E-state index < -0.39 is 0 Å². The van der Waals surface area contributed by atoms with Gasteiger partial charge in [0.1, 0.15) is 0 Å². The molecule has 1 heterocycles. The second-order valence-electron chi connectivity index (χ2n) is 9.24. The van der Waals surface area contributed by atoms with E-state index in [1.807, 2.05) is 0 Å². The summed E-state index contributed by atoms with van der Waals surface area (Å²) in [5, 5.41) is 3.01. The van der Waals surface area contributed by atoms with Crippen LogP contribution in [0.4, 0.5) is 5.69 Å². The molecular formula is C28H23N. The fraction of sp³-hybridized carbons (Fsp3) is 0.250. The highest BCUT2D eigenvalue weighted by atomic mass is 14.8. The Morgan fingerprint density at radius 2 is 1.69 bits per heavy atom. The van der Waals surface area contributed by atoms with Gasteiger partial charge in [0.05, 0.1) is 11.6 Å². The zero-order valence-corrected chi connectivity index (χ0v) is 17.1. The molecule has 3 aromatic rings. The van der Waals surface area contributed by atoms with Crippen LogP contribution in [0.1, 0.15) is 57.2 Å². The largest absolute Gasteiger partial charge is 0.256 e. The Balaban J connectivity index is 1.71. The molecule has 140 valence electrons. The monoisotopic (exact) mass is 373 g/mol. The number of aliphatic imine (C=N–C) groups is 1. The van der Waals surface area contributed by atoms with Gasteiger partial charge in [-0.3, -0.25) is 4.99 Å². The van der Waals surface area contributed by atoms with Gasteiger partial charge in [-0.2, -0.15) is 0 Å². The van der Waals surface area contributed by atoms with Crippen molar-refractivity contribution in [1.82, 2.24) is 0 Å². The first-order chi connectivity index (χ1) is 14.1. The lowest BCUT2D eigenvalue weighted by molar-refractivity contribution is 0.886. The maximum atomic E-state index is 5.28. The zero-order chi connectivity index (χ0) is 19.4. The molecule has 29 heavy (non-hydrogen) atoms. The summed E-state index contributed by atoms with van der Waals surface area (Å²) in [6, 6.07) is 13.7. The Bertz CT molecular complexity index is 1380. The molecule has 3 aromatic carbocycles. The predicted molar refractivity (Wildman–Crippen MR) is 121 cm³/mol. The van der Waals surface area contributed by atoms with E-state index in [4.69, 9.17) is 4.99 Å². The molecule has 2 unspecified atom stereocenters. The van der Waals surface area contributed by atoms with Crippen LogP contribution >= 0.6 is 0 Å². The molecule has 0 bridgehead atoms. The Labute approximate surface area is 171 Å². The Kier molecular flexibility index (Phi) is 2.83. The summed E-state index contributed by atoms with van der Waals surface area (Å²) in [6.07, 6.45) is 6.95. The van der Waals surface area contributed by atoms with Crippen molar-refractivity contribution < 1.29 is 0 Å². The van der Waals surface area contributed by atoms with E-state index in [1.165, 1.54) is 61.1 Å². The molecule has 0 saturated carbocycles. The van der Waals surface area contributed by atoms with Gasteiger partial charge >= 0.3 is 0 Å². The molecule has 2 atom stereocenters. The van der Waals surface area contributed by atoms with Crippen molar-refractivity contribution in [1.29, 1.82) is 0 Å². The van der Waals surface area contributed by atoms with Crippen LogP contribution < -0.4 is 0 Å². The number of hydrogen-bond acceptors (Lipinski definition) is 1. The lowest BCUT2D eigenvalue weighted by Crippen LogP contribution is -2.30. The van der Waals surface area contributed by atoms with Crippen LogP contribution in [0.25, 0.3) is 10.8 Å². The van der Waals surface area contributed by atoms with Gasteiger partial charge in [-0.1, -0.05) is 48.1 Å². The fourth-order valence-corrected chi connectivity index (χ4v) is 6.67. The quantitative estimate of drug-likeness (QED) is 0.407. The summed E-state index contributed by atoms with van der Waals surface area (Å²) in [6.45, 7) is 6.90. The highest BCUT2D eigenvalue weighted by molar-refractivity contribution is 6.16. The molecule has 0 N–H and O–H groups in total. The minimum absolute atomic E-state index is 0.294. The van der Waals surface area contributed by atoms with E-state index in [9.17, 15) is 0 Å². The lowest BCUT2D eigenvalue weighted by Gasteiger charge is -2.38. The predicted octanol–water partition coefficient (Wildman–Crippen LogP) is 6.89. The number of rotatable bonds is 0. The van der Waals surface area contributed by atoms with Crippen LogP contribution in [0.2, 0.25) is 0 Å². The molecule has 4 aliphatic rings. The number of para-hydroxylation sites is 1. The molecule has 0 radical (unpaired) electrons. The van der Waals surface area contributed by atoms with Crippen LogP contribution in [0.3, 0.4) is 0 Å². The highest BCUT2D eigenvalue weighted by Crippen LogP contribution is 2.57. The third-order valence-electron chi connectivity index (χ3n) is 7.62. The van der Waals surface area contributed by atoms with Gasteiger partial charge in [-0.05, 0) is 95.0 Å². The Morgan fingerprint density at radius 1 is 0.862 bits per heavy atom. The molecular weight excluding hydrogens is 350 g/mol. The standard InChI is InChI=1S/C28H23N/c1-14-11-15(2)23-26-20-8-4-5-10-21(20)29-28(26)25-19-9-6-7-17(19)13-18-12-16(3)22(14)27(23)24(18)25/h4-6,8-12,25-26H,7,13H2,1-3H3. The number of fused-ring (bicyclic) bond motifs is 6. The van der Waals surface area contributed by atoms with Crippen molar-refractivity contribution >= 4 is 22.2 Å². The molecule has 3 aliphatic carbocycles. The molecule has 0 saturated heterocycles. The van der Waals surface area contributed by atoms with E-state index in [-0.39, 0.29) is 0 Å². The van der Waals surface area contributed by atoms with Crippen LogP contribution in [-0.4, -0.2) is 5.71 Å². The van der Waals surface area contributed by atoms with E-state index in [1.54, 1.807) is 11.1 Å². The minimum Gasteiger partial charge on any atom is -0.256 e. The SMILES string of the molecule is Cc1cc(C)c2c(C)cc3c4c2c1C1C(=Nc2ccccc21)C4C1=C(CC=C1)C3. The molecule has 7 rings (SSSR count). The Morgan fingerprint density at radius 3 is 2.59 bits per heavy atom. The number of allylic oxidation sites excluding steroid dienone is 4. The van der Waals surface area contributed by atoms with Crippen molar-refractivity contribution in [2.45, 2.75) is 45.4 Å². The molecule has 0 aromatic heterocycles. The van der Waals surface area contributed by atoms with Crippen molar-refractivity contribution in [2.24, 2.45) is 4.99 Å². The second-order valence-corrected chi connectivity index (χ2v) is 9.24. The molecule has 0 fully saturated rings. The smallest absolute Gasteiger partial charge is 0.0671 e. The van der Waals surface area contributed by atoms with Crippen LogP contribution in [0, 0.1) is 20.8 Å². The zero-order valence-electron chi connectivity index (χ0n) is 17.1. The summed E-state index contributed by atoms with van der Waals surface area (Å²) < 4.78 is 0. The minimum atomic E-state index is 0.294. The van der Waals surface area contributed by atoms with E-state index in [2.05, 4.69) is 69.3 Å². The molecule has 1 aliphatic heterocycles. The van der Waals surface area contributed by atoms with Crippen LogP contribution in [-0.2, 0) is 6.42 Å². The summed E-state index contributed by atoms with van der Waals surface area (Å²) >= 11 is 0. The molecule has 1 nitrogen and oxygen atoms in total. The lowest BCUT2D eigenvalue weighted by atomic mass is 9.64. The summed E-state index contributed by atoms with van der Waals surface area (Å²) in [4.78, 5) is 5.28. The topological polar surface area (TPSA) is 12.4 Å². The average molecular weight is 373 g/mol. The van der Waals surface area contributed by atoms with Crippen molar-refractivity contribution in [2.75, 3.05) is 0 Å². The van der Waals surface area contributed by atoms with Gasteiger partial charge in [0, 0.05) is 11.6 Å². The molecule has 1 heteroatoms. The van der Waals surface area contributed by atoms with Crippen molar-refractivity contribution in [3.63, 3.8) is 0 Å². The maximum absolute atomic E-state index is 5.28. The van der Waals surface area contributed by atoms with E-state index >= 15 is 0 Å². The van der Waals surface area contributed by atoms with Crippen LogP contribution in [0.15, 0.2) is 64.7 Å². The highest BCUT2D eigenvalue weighted by Gasteiger charge is 2.45. The van der Waals surface area contributed by atoms with Gasteiger partial charge in [-0.15, -0.1) is 0 Å². The van der Waals surface area contributed by atoms with Gasteiger partial charge in [0.15, 0.2) is 0 Å². The Hall–Kier alpha value is -2.93. The van der Waals surface area contributed by atoms with Crippen molar-refractivity contribution in [3.8, 4) is 0 Å².